The normalized spacial score (nSPS) is 26.8. The molecule has 2 heterocycles. The van der Waals surface area contributed by atoms with Crippen molar-refractivity contribution in [3.63, 3.8) is 0 Å². The molecule has 2 fully saturated rings. The van der Waals surface area contributed by atoms with Crippen molar-refractivity contribution in [3.8, 4) is 5.75 Å². The topological polar surface area (TPSA) is 138 Å². The van der Waals surface area contributed by atoms with E-state index in [-0.39, 0.29) is 11.6 Å². The van der Waals surface area contributed by atoms with E-state index in [9.17, 15) is 19.5 Å². The number of fused-ring (bicyclic) bond motifs is 2. The molecule has 0 spiro atoms. The summed E-state index contributed by atoms with van der Waals surface area (Å²) in [4.78, 5) is 42.2. The van der Waals surface area contributed by atoms with Gasteiger partial charge in [-0.3, -0.25) is 14.5 Å². The van der Waals surface area contributed by atoms with Crippen LogP contribution in [0.15, 0.2) is 29.1 Å². The monoisotopic (exact) mass is 538 g/mol. The van der Waals surface area contributed by atoms with Gasteiger partial charge in [-0.1, -0.05) is 6.07 Å². The Morgan fingerprint density at radius 3 is 2.67 bits per heavy atom. The second-order valence-corrected chi connectivity index (χ2v) is 11.3. The van der Waals surface area contributed by atoms with Crippen LogP contribution in [0.25, 0.3) is 0 Å². The van der Waals surface area contributed by atoms with Gasteiger partial charge in [0.15, 0.2) is 0 Å². The van der Waals surface area contributed by atoms with Crippen LogP contribution >= 0.6 is 0 Å². The average molecular weight is 539 g/mol. The number of aliphatic hydroxyl groups is 1. The molecule has 9 nitrogen and oxygen atoms in total. The van der Waals surface area contributed by atoms with Gasteiger partial charge in [0.1, 0.15) is 17.6 Å². The highest BCUT2D eigenvalue weighted by atomic mass is 16.5. The number of carbonyl (C=O) groups is 2. The van der Waals surface area contributed by atoms with Crippen LogP contribution in [-0.2, 0) is 23.1 Å². The molecule has 39 heavy (non-hydrogen) atoms. The number of aldehydes is 1. The summed E-state index contributed by atoms with van der Waals surface area (Å²) in [5, 5.41) is 15.3. The zero-order valence-corrected chi connectivity index (χ0v) is 23.7. The molecule has 5 rings (SSSR count). The van der Waals surface area contributed by atoms with Crippen molar-refractivity contribution < 1.29 is 19.4 Å². The minimum atomic E-state index is -1.13. The minimum absolute atomic E-state index is 0.0422. The van der Waals surface area contributed by atoms with Crippen LogP contribution in [0.5, 0.6) is 5.75 Å². The highest BCUT2D eigenvalue weighted by Gasteiger charge is 2.61. The van der Waals surface area contributed by atoms with Crippen LogP contribution in [0.2, 0.25) is 0 Å². The third kappa shape index (κ3) is 5.15. The maximum atomic E-state index is 13.0. The Bertz CT molecular complexity index is 1290. The summed E-state index contributed by atoms with van der Waals surface area (Å²) in [5.74, 6) is 0.837. The number of rotatable bonds is 7. The lowest BCUT2D eigenvalue weighted by Crippen LogP contribution is -2.71. The number of aromatic amines is 1. The standard InChI is InChI=1S/C29H37N3O5.CH5N/c1-17-5-8-22(37-4)12-24(17)28-9-10-32(15-20-6-7-20)19(3)29(28,36)13-21-11-23(26(34)30-18(2)16-33)27(35)31-25(21)14-28;1-2/h5,8,11-12,16,18-20,36H,6-7,9-10,13-15H2,1-4H3,(H,30,34)(H,31,35);2H2,1H3. The molecule has 212 valence electrons. The van der Waals surface area contributed by atoms with Gasteiger partial charge in [0.2, 0.25) is 0 Å². The van der Waals surface area contributed by atoms with Crippen LogP contribution in [0.4, 0.5) is 0 Å². The number of aromatic nitrogens is 1. The van der Waals surface area contributed by atoms with Gasteiger partial charge in [0.25, 0.3) is 11.5 Å². The zero-order chi connectivity index (χ0) is 28.5. The molecule has 9 heteroatoms. The molecule has 1 saturated heterocycles. The smallest absolute Gasteiger partial charge is 0.261 e. The molecule has 4 atom stereocenters. The number of nitrogens with two attached hydrogens (primary N) is 1. The van der Waals surface area contributed by atoms with E-state index in [0.29, 0.717) is 25.0 Å². The molecule has 1 amide bonds. The second-order valence-electron chi connectivity index (χ2n) is 11.3. The average Bonchev–Trinajstić information content (AvgIpc) is 3.75. The van der Waals surface area contributed by atoms with Gasteiger partial charge in [-0.2, -0.15) is 0 Å². The third-order valence-corrected chi connectivity index (χ3v) is 9.00. The van der Waals surface area contributed by atoms with Crippen LogP contribution in [0.3, 0.4) is 0 Å². The lowest BCUT2D eigenvalue weighted by atomic mass is 9.53. The van der Waals surface area contributed by atoms with Crippen molar-refractivity contribution in [1.82, 2.24) is 15.2 Å². The number of benzene rings is 1. The van der Waals surface area contributed by atoms with E-state index in [2.05, 4.69) is 34.8 Å². The van der Waals surface area contributed by atoms with Crippen molar-refractivity contribution in [2.75, 3.05) is 27.2 Å². The number of nitrogens with one attached hydrogen (secondary N) is 2. The molecular formula is C30H42N4O5. The number of H-pyrrole nitrogens is 1. The molecule has 3 aliphatic rings. The van der Waals surface area contributed by atoms with E-state index in [1.165, 1.54) is 19.9 Å². The van der Waals surface area contributed by atoms with Crippen LogP contribution in [0.1, 0.15) is 65.9 Å². The Morgan fingerprint density at radius 1 is 1.31 bits per heavy atom. The maximum absolute atomic E-state index is 13.0. The number of likely N-dealkylation sites (tertiary alicyclic amines) is 1. The van der Waals surface area contributed by atoms with Gasteiger partial charge in [-0.15, -0.1) is 0 Å². The zero-order valence-electron chi connectivity index (χ0n) is 23.7. The molecule has 1 saturated carbocycles. The number of hydrogen-bond donors (Lipinski definition) is 4. The van der Waals surface area contributed by atoms with Gasteiger partial charge in [-0.25, -0.2) is 0 Å². The molecule has 5 N–H and O–H groups in total. The van der Waals surface area contributed by atoms with Crippen molar-refractivity contribution in [3.05, 3.63) is 62.6 Å². The molecule has 1 aromatic heterocycles. The Kier molecular flexibility index (Phi) is 8.35. The van der Waals surface area contributed by atoms with E-state index in [0.717, 1.165) is 47.6 Å². The number of hydrogen-bond acceptors (Lipinski definition) is 7. The Balaban J connectivity index is 0.00000172. The molecule has 2 aliphatic carbocycles. The van der Waals surface area contributed by atoms with Crippen LogP contribution in [-0.4, -0.2) is 72.1 Å². The molecule has 4 unspecified atom stereocenters. The lowest BCUT2D eigenvalue weighted by molar-refractivity contribution is -0.139. The highest BCUT2D eigenvalue weighted by molar-refractivity contribution is 5.95. The van der Waals surface area contributed by atoms with E-state index in [4.69, 9.17) is 4.74 Å². The summed E-state index contributed by atoms with van der Waals surface area (Å²) in [7, 11) is 3.14. The molecular weight excluding hydrogens is 496 g/mol. The van der Waals surface area contributed by atoms with E-state index in [1.807, 2.05) is 18.2 Å². The minimum Gasteiger partial charge on any atom is -0.497 e. The van der Waals surface area contributed by atoms with Gasteiger partial charge < -0.3 is 30.7 Å². The number of nitrogens with zero attached hydrogens (tertiary/aromatic N) is 1. The highest BCUT2D eigenvalue weighted by Crippen LogP contribution is 2.54. The number of pyridine rings is 1. The van der Waals surface area contributed by atoms with Crippen molar-refractivity contribution >= 4 is 12.2 Å². The summed E-state index contributed by atoms with van der Waals surface area (Å²) in [6.07, 6.45) is 4.61. The SMILES string of the molecule is CN.COc1ccc(C)c(C23CCN(CC4CC4)C(C)C2(O)Cc2cc(C(=O)NC(C)C=O)c(=O)[nH]c2C3)c1. The predicted octanol–water partition coefficient (Wildman–Crippen LogP) is 1.86. The first-order valence-corrected chi connectivity index (χ1v) is 13.8. The summed E-state index contributed by atoms with van der Waals surface area (Å²) in [6, 6.07) is 6.78. The summed E-state index contributed by atoms with van der Waals surface area (Å²) in [6.45, 7) is 7.57. The predicted molar refractivity (Wildman–Crippen MR) is 150 cm³/mol. The molecule has 1 aromatic carbocycles. The number of carbonyl (C=O) groups excluding carboxylic acids is 2. The molecule has 0 bridgehead atoms. The molecule has 2 aromatic rings. The fraction of sp³-hybridized carbons (Fsp3) is 0.567. The molecule has 0 radical (unpaired) electrons. The van der Waals surface area contributed by atoms with Crippen molar-refractivity contribution in [2.45, 2.75) is 76.0 Å². The summed E-state index contributed by atoms with van der Waals surface area (Å²) >= 11 is 0. The van der Waals surface area contributed by atoms with Gasteiger partial charge >= 0.3 is 0 Å². The lowest BCUT2D eigenvalue weighted by Gasteiger charge is -2.60. The first-order chi connectivity index (χ1) is 18.6. The van der Waals surface area contributed by atoms with Crippen LogP contribution < -0.4 is 21.3 Å². The van der Waals surface area contributed by atoms with Gasteiger partial charge in [-0.05, 0) is 94.4 Å². The first kappa shape index (κ1) is 29.0. The quantitative estimate of drug-likeness (QED) is 0.395. The van der Waals surface area contributed by atoms with Crippen molar-refractivity contribution in [1.29, 1.82) is 0 Å². The number of piperidine rings is 1. The maximum Gasteiger partial charge on any atom is 0.261 e. The largest absolute Gasteiger partial charge is 0.497 e. The van der Waals surface area contributed by atoms with E-state index >= 15 is 0 Å². The van der Waals surface area contributed by atoms with Gasteiger partial charge in [0.05, 0.1) is 18.8 Å². The van der Waals surface area contributed by atoms with E-state index in [1.54, 1.807) is 20.1 Å². The summed E-state index contributed by atoms with van der Waals surface area (Å²) in [5.41, 5.74) is 5.84. The number of aryl methyl sites for hydroxylation is 1. The van der Waals surface area contributed by atoms with Gasteiger partial charge in [0, 0.05) is 36.5 Å². The number of amides is 1. The Morgan fingerprint density at radius 2 is 2.03 bits per heavy atom. The Hall–Kier alpha value is -3.01. The fourth-order valence-electron chi connectivity index (χ4n) is 6.60. The second kappa shape index (κ2) is 11.2. The number of methoxy groups -OCH3 is 1. The van der Waals surface area contributed by atoms with Crippen LogP contribution in [0, 0.1) is 12.8 Å². The van der Waals surface area contributed by atoms with E-state index < -0.39 is 28.5 Å². The first-order valence-electron chi connectivity index (χ1n) is 13.8. The number of ether oxygens (including phenoxy) is 1. The molecule has 1 aliphatic heterocycles. The summed E-state index contributed by atoms with van der Waals surface area (Å²) < 4.78 is 5.57. The van der Waals surface area contributed by atoms with Crippen molar-refractivity contribution in [2.24, 2.45) is 11.7 Å². The Labute approximate surface area is 230 Å². The third-order valence-electron chi connectivity index (χ3n) is 9.00. The fourth-order valence-corrected chi connectivity index (χ4v) is 6.60.